The molecule has 0 unspecified atom stereocenters. The Morgan fingerprint density at radius 2 is 1.72 bits per heavy atom. The van der Waals surface area contributed by atoms with E-state index in [-0.39, 0.29) is 0 Å². The molecule has 2 N–H and O–H groups in total. The molecule has 1 aromatic carbocycles. The predicted octanol–water partition coefficient (Wildman–Crippen LogP) is 2.61. The highest BCUT2D eigenvalue weighted by Gasteiger charge is 2.04. The van der Waals surface area contributed by atoms with Crippen molar-refractivity contribution in [2.24, 2.45) is 0 Å². The van der Waals surface area contributed by atoms with E-state index in [2.05, 4.69) is 25.5 Å². The Bertz CT molecular complexity index is 618. The molecule has 5 heteroatoms. The zero-order valence-corrected chi connectivity index (χ0v) is 9.54. The highest BCUT2D eigenvalue weighted by atomic mass is 15.3. The molecule has 0 spiro atoms. The van der Waals surface area contributed by atoms with E-state index < -0.39 is 0 Å². The molecule has 0 fully saturated rings. The lowest BCUT2D eigenvalue weighted by molar-refractivity contribution is 1.10. The molecule has 0 bridgehead atoms. The van der Waals surface area contributed by atoms with Gasteiger partial charge in [-0.25, -0.2) is 0 Å². The Hall–Kier alpha value is -2.69. The Balaban J connectivity index is 1.82. The topological polar surface area (TPSA) is 66.5 Å². The first-order valence-electron chi connectivity index (χ1n) is 5.57. The number of aromatic nitrogens is 4. The number of hydrogen-bond acceptors (Lipinski definition) is 4. The molecule has 3 aromatic rings. The van der Waals surface area contributed by atoms with Crippen LogP contribution in [0.2, 0.25) is 0 Å². The van der Waals surface area contributed by atoms with Gasteiger partial charge < -0.3 is 5.32 Å². The van der Waals surface area contributed by atoms with E-state index in [9.17, 15) is 0 Å². The average molecular weight is 237 g/mol. The summed E-state index contributed by atoms with van der Waals surface area (Å²) in [5.41, 5.74) is 1.91. The molecule has 0 saturated heterocycles. The van der Waals surface area contributed by atoms with Crippen LogP contribution < -0.4 is 5.32 Å². The summed E-state index contributed by atoms with van der Waals surface area (Å²) in [6.07, 6.45) is 3.43. The van der Waals surface area contributed by atoms with Crippen molar-refractivity contribution in [3.8, 4) is 11.4 Å². The van der Waals surface area contributed by atoms with Gasteiger partial charge in [-0.3, -0.25) is 10.1 Å². The number of H-pyrrole nitrogens is 1. The van der Waals surface area contributed by atoms with Crippen molar-refractivity contribution >= 4 is 11.6 Å². The summed E-state index contributed by atoms with van der Waals surface area (Å²) in [6, 6.07) is 13.6. The number of aromatic amines is 1. The molecule has 0 radical (unpaired) electrons. The Kier molecular flexibility index (Phi) is 2.71. The van der Waals surface area contributed by atoms with Gasteiger partial charge in [0.05, 0.1) is 0 Å². The number of benzene rings is 1. The van der Waals surface area contributed by atoms with Crippen LogP contribution in [0.15, 0.2) is 54.9 Å². The fraction of sp³-hybridized carbons (Fsp3) is 0. The van der Waals surface area contributed by atoms with E-state index >= 15 is 0 Å². The molecule has 2 aromatic heterocycles. The number of anilines is 2. The van der Waals surface area contributed by atoms with Gasteiger partial charge in [-0.05, 0) is 12.1 Å². The van der Waals surface area contributed by atoms with Gasteiger partial charge in [0, 0.05) is 23.6 Å². The van der Waals surface area contributed by atoms with E-state index in [1.54, 1.807) is 12.4 Å². The van der Waals surface area contributed by atoms with Crippen LogP contribution in [0, 0.1) is 0 Å². The molecule has 18 heavy (non-hydrogen) atoms. The van der Waals surface area contributed by atoms with E-state index in [4.69, 9.17) is 0 Å². The minimum absolute atomic E-state index is 0.542. The standard InChI is InChI=1S/C13H11N5/c1-2-4-10(5-3-1)12-16-13(18-17-12)15-11-6-8-14-9-7-11/h1-9H,(H2,14,15,16,17,18). The first-order chi connectivity index (χ1) is 8.92. The van der Waals surface area contributed by atoms with Crippen LogP contribution in [0.3, 0.4) is 0 Å². The fourth-order valence-electron chi connectivity index (χ4n) is 1.61. The SMILES string of the molecule is c1ccc(-c2nc(Nc3ccncc3)n[nH]2)cc1. The number of rotatable bonds is 3. The van der Waals surface area contributed by atoms with Crippen LogP contribution in [0.5, 0.6) is 0 Å². The van der Waals surface area contributed by atoms with Gasteiger partial charge in [-0.15, -0.1) is 5.10 Å². The van der Waals surface area contributed by atoms with E-state index in [0.717, 1.165) is 17.1 Å². The maximum Gasteiger partial charge on any atom is 0.246 e. The lowest BCUT2D eigenvalue weighted by atomic mass is 10.2. The normalized spacial score (nSPS) is 10.2. The van der Waals surface area contributed by atoms with Crippen molar-refractivity contribution < 1.29 is 0 Å². The fourth-order valence-corrected chi connectivity index (χ4v) is 1.61. The first-order valence-corrected chi connectivity index (χ1v) is 5.57. The molecule has 0 aliphatic heterocycles. The van der Waals surface area contributed by atoms with Crippen LogP contribution >= 0.6 is 0 Å². The molecule has 5 nitrogen and oxygen atoms in total. The van der Waals surface area contributed by atoms with Crippen LogP contribution in [-0.4, -0.2) is 20.2 Å². The molecule has 3 rings (SSSR count). The zero-order valence-electron chi connectivity index (χ0n) is 9.54. The maximum atomic E-state index is 4.38. The lowest BCUT2D eigenvalue weighted by Crippen LogP contribution is -1.92. The summed E-state index contributed by atoms with van der Waals surface area (Å²) < 4.78 is 0. The summed E-state index contributed by atoms with van der Waals surface area (Å²) >= 11 is 0. The van der Waals surface area contributed by atoms with Gasteiger partial charge in [0.2, 0.25) is 5.95 Å². The Labute approximate surface area is 104 Å². The van der Waals surface area contributed by atoms with Crippen molar-refractivity contribution in [3.63, 3.8) is 0 Å². The van der Waals surface area contributed by atoms with Crippen molar-refractivity contribution in [3.05, 3.63) is 54.9 Å². The van der Waals surface area contributed by atoms with Crippen molar-refractivity contribution in [1.29, 1.82) is 0 Å². The Morgan fingerprint density at radius 1 is 0.944 bits per heavy atom. The third-order valence-electron chi connectivity index (χ3n) is 2.47. The average Bonchev–Trinajstić information content (AvgIpc) is 2.89. The van der Waals surface area contributed by atoms with E-state index in [1.807, 2.05) is 42.5 Å². The predicted molar refractivity (Wildman–Crippen MR) is 69.3 cm³/mol. The number of pyridine rings is 1. The Morgan fingerprint density at radius 3 is 2.50 bits per heavy atom. The van der Waals surface area contributed by atoms with Crippen LogP contribution in [0.25, 0.3) is 11.4 Å². The van der Waals surface area contributed by atoms with Crippen molar-refractivity contribution in [1.82, 2.24) is 20.2 Å². The number of nitrogens with zero attached hydrogens (tertiary/aromatic N) is 3. The molecule has 0 saturated carbocycles. The molecule has 0 atom stereocenters. The molecule has 2 heterocycles. The van der Waals surface area contributed by atoms with E-state index in [0.29, 0.717) is 5.95 Å². The smallest absolute Gasteiger partial charge is 0.246 e. The van der Waals surface area contributed by atoms with Gasteiger partial charge >= 0.3 is 0 Å². The van der Waals surface area contributed by atoms with E-state index in [1.165, 1.54) is 0 Å². The monoisotopic (exact) mass is 237 g/mol. The molecule has 0 aliphatic rings. The maximum absolute atomic E-state index is 4.38. The second kappa shape index (κ2) is 4.67. The number of nitrogens with one attached hydrogen (secondary N) is 2. The molecular weight excluding hydrogens is 226 g/mol. The van der Waals surface area contributed by atoms with Crippen LogP contribution in [0.4, 0.5) is 11.6 Å². The van der Waals surface area contributed by atoms with Gasteiger partial charge in [0.1, 0.15) is 0 Å². The van der Waals surface area contributed by atoms with Crippen molar-refractivity contribution in [2.75, 3.05) is 5.32 Å². The molecule has 0 amide bonds. The van der Waals surface area contributed by atoms with Crippen LogP contribution in [-0.2, 0) is 0 Å². The summed E-state index contributed by atoms with van der Waals surface area (Å²) in [4.78, 5) is 8.33. The zero-order chi connectivity index (χ0) is 12.2. The molecule has 0 aliphatic carbocycles. The summed E-state index contributed by atoms with van der Waals surface area (Å²) in [7, 11) is 0. The van der Waals surface area contributed by atoms with Gasteiger partial charge in [0.25, 0.3) is 0 Å². The van der Waals surface area contributed by atoms with Crippen LogP contribution in [0.1, 0.15) is 0 Å². The quantitative estimate of drug-likeness (QED) is 0.734. The first kappa shape index (κ1) is 10.5. The lowest BCUT2D eigenvalue weighted by Gasteiger charge is -1.98. The summed E-state index contributed by atoms with van der Waals surface area (Å²) in [5, 5.41) is 10.1. The minimum atomic E-state index is 0.542. The highest BCUT2D eigenvalue weighted by molar-refractivity contribution is 5.58. The summed E-state index contributed by atoms with van der Waals surface area (Å²) in [6.45, 7) is 0. The highest BCUT2D eigenvalue weighted by Crippen LogP contribution is 2.17. The molecular formula is C13H11N5. The summed E-state index contributed by atoms with van der Waals surface area (Å²) in [5.74, 6) is 1.28. The second-order valence-electron chi connectivity index (χ2n) is 3.73. The van der Waals surface area contributed by atoms with Gasteiger partial charge in [-0.1, -0.05) is 30.3 Å². The second-order valence-corrected chi connectivity index (χ2v) is 3.73. The third kappa shape index (κ3) is 2.20. The largest absolute Gasteiger partial charge is 0.323 e. The third-order valence-corrected chi connectivity index (χ3v) is 2.47. The number of hydrogen-bond donors (Lipinski definition) is 2. The van der Waals surface area contributed by atoms with Crippen molar-refractivity contribution in [2.45, 2.75) is 0 Å². The molecule has 88 valence electrons. The van der Waals surface area contributed by atoms with Gasteiger partial charge in [-0.2, -0.15) is 4.98 Å². The minimum Gasteiger partial charge on any atom is -0.323 e. The van der Waals surface area contributed by atoms with Gasteiger partial charge in [0.15, 0.2) is 5.82 Å².